The van der Waals surface area contributed by atoms with Gasteiger partial charge in [0.1, 0.15) is 6.20 Å². The Morgan fingerprint density at radius 2 is 2.00 bits per heavy atom. The first-order valence-electron chi connectivity index (χ1n) is 4.20. The molecule has 1 aromatic carbocycles. The van der Waals surface area contributed by atoms with Gasteiger partial charge in [0.25, 0.3) is 0 Å². The third-order valence-corrected chi connectivity index (χ3v) is 1.84. The van der Waals surface area contributed by atoms with Crippen LogP contribution in [0.15, 0.2) is 24.3 Å². The highest BCUT2D eigenvalue weighted by atomic mass is 19.1. The molecule has 1 heterocycles. The molecule has 2 aromatic rings. The van der Waals surface area contributed by atoms with E-state index in [1.165, 1.54) is 16.8 Å². The molecule has 0 atom stereocenters. The number of aryl methyl sites for hydroxylation is 1. The molecule has 77 valence electrons. The molecule has 0 fully saturated rings. The number of rotatable bonds is 2. The van der Waals surface area contributed by atoms with Crippen molar-refractivity contribution in [3.05, 3.63) is 42.1 Å². The van der Waals surface area contributed by atoms with E-state index in [4.69, 9.17) is 4.74 Å². The molecule has 5 heteroatoms. The number of hydrogen-bond donors (Lipinski definition) is 0. The Hall–Kier alpha value is -1.91. The lowest BCUT2D eigenvalue weighted by atomic mass is 10.3. The minimum absolute atomic E-state index is 0.221. The number of para-hydroxylation sites is 1. The Balaban J connectivity index is 2.36. The molecule has 0 aliphatic heterocycles. The van der Waals surface area contributed by atoms with E-state index in [0.29, 0.717) is 0 Å². The van der Waals surface area contributed by atoms with E-state index in [1.54, 1.807) is 7.05 Å². The van der Waals surface area contributed by atoms with Gasteiger partial charge in [-0.2, -0.15) is 5.10 Å². The fourth-order valence-electron chi connectivity index (χ4n) is 1.09. The summed E-state index contributed by atoms with van der Waals surface area (Å²) in [5.74, 6) is -1.72. The van der Waals surface area contributed by atoms with Crippen molar-refractivity contribution in [3.8, 4) is 11.6 Å². The molecule has 0 unspecified atom stereocenters. The SMILES string of the molecule is Cn1n[c]cc1Oc1c(F)cccc1F. The summed E-state index contributed by atoms with van der Waals surface area (Å²) < 4.78 is 32.7. The number of ether oxygens (including phenoxy) is 1. The lowest BCUT2D eigenvalue weighted by Crippen LogP contribution is -1.98. The van der Waals surface area contributed by atoms with Crippen LogP contribution in [0.3, 0.4) is 0 Å². The maximum Gasteiger partial charge on any atom is 0.218 e. The molecule has 2 rings (SSSR count). The first kappa shape index (κ1) is 9.64. The van der Waals surface area contributed by atoms with Crippen LogP contribution in [-0.4, -0.2) is 9.78 Å². The number of nitrogens with zero attached hydrogens (tertiary/aromatic N) is 2. The van der Waals surface area contributed by atoms with Crippen LogP contribution in [0.4, 0.5) is 8.78 Å². The van der Waals surface area contributed by atoms with Gasteiger partial charge in [0.15, 0.2) is 11.6 Å². The van der Waals surface area contributed by atoms with Crippen LogP contribution in [-0.2, 0) is 7.05 Å². The minimum atomic E-state index is -0.754. The Labute approximate surface area is 84.9 Å². The van der Waals surface area contributed by atoms with E-state index in [0.717, 1.165) is 12.1 Å². The van der Waals surface area contributed by atoms with Crippen molar-refractivity contribution in [2.75, 3.05) is 0 Å². The maximum absolute atomic E-state index is 13.2. The number of halogens is 2. The van der Waals surface area contributed by atoms with Gasteiger partial charge in [-0.1, -0.05) is 6.07 Å². The second kappa shape index (κ2) is 3.68. The van der Waals surface area contributed by atoms with E-state index in [9.17, 15) is 8.78 Å². The summed E-state index contributed by atoms with van der Waals surface area (Å²) in [6.07, 6.45) is 2.50. The zero-order chi connectivity index (χ0) is 10.8. The van der Waals surface area contributed by atoms with Crippen molar-refractivity contribution in [1.29, 1.82) is 0 Å². The fraction of sp³-hybridized carbons (Fsp3) is 0.100. The van der Waals surface area contributed by atoms with Crippen LogP contribution < -0.4 is 4.74 Å². The maximum atomic E-state index is 13.2. The van der Waals surface area contributed by atoms with E-state index in [2.05, 4.69) is 11.3 Å². The molecule has 0 aliphatic carbocycles. The molecule has 0 saturated carbocycles. The van der Waals surface area contributed by atoms with Crippen LogP contribution >= 0.6 is 0 Å². The van der Waals surface area contributed by atoms with Crippen molar-refractivity contribution in [3.63, 3.8) is 0 Å². The summed E-state index contributed by atoms with van der Waals surface area (Å²) in [6.45, 7) is 0. The summed E-state index contributed by atoms with van der Waals surface area (Å²) in [5, 5.41) is 3.69. The molecule has 15 heavy (non-hydrogen) atoms. The van der Waals surface area contributed by atoms with E-state index < -0.39 is 17.4 Å². The smallest absolute Gasteiger partial charge is 0.218 e. The summed E-state index contributed by atoms with van der Waals surface area (Å²) in [7, 11) is 1.59. The number of benzene rings is 1. The van der Waals surface area contributed by atoms with Crippen LogP contribution in [0.2, 0.25) is 0 Å². The zero-order valence-electron chi connectivity index (χ0n) is 7.87. The van der Waals surface area contributed by atoms with Gasteiger partial charge in [0.2, 0.25) is 11.6 Å². The largest absolute Gasteiger partial charge is 0.433 e. The molecule has 0 N–H and O–H groups in total. The Bertz CT molecular complexity index is 462. The lowest BCUT2D eigenvalue weighted by Gasteiger charge is -2.06. The topological polar surface area (TPSA) is 27.1 Å². The van der Waals surface area contributed by atoms with Crippen molar-refractivity contribution in [2.24, 2.45) is 7.05 Å². The predicted molar refractivity (Wildman–Crippen MR) is 48.5 cm³/mol. The van der Waals surface area contributed by atoms with Gasteiger partial charge >= 0.3 is 0 Å². The van der Waals surface area contributed by atoms with Crippen molar-refractivity contribution in [2.45, 2.75) is 0 Å². The second-order valence-corrected chi connectivity index (χ2v) is 2.89. The van der Waals surface area contributed by atoms with Gasteiger partial charge in [-0.15, -0.1) is 0 Å². The molecule has 0 bridgehead atoms. The average Bonchev–Trinajstić information content (AvgIpc) is 2.58. The van der Waals surface area contributed by atoms with Crippen molar-refractivity contribution in [1.82, 2.24) is 9.78 Å². The molecular weight excluding hydrogens is 202 g/mol. The molecule has 0 aliphatic rings. The Morgan fingerprint density at radius 3 is 2.53 bits per heavy atom. The monoisotopic (exact) mass is 209 g/mol. The van der Waals surface area contributed by atoms with Crippen LogP contribution in [0.1, 0.15) is 0 Å². The highest BCUT2D eigenvalue weighted by Gasteiger charge is 2.12. The molecule has 1 aromatic heterocycles. The normalized spacial score (nSPS) is 10.3. The highest BCUT2D eigenvalue weighted by Crippen LogP contribution is 2.26. The standard InChI is InChI=1S/C10H7F2N2O/c1-14-9(5-6-13-14)15-10-7(11)3-2-4-8(10)12/h2-5H,1H3. The van der Waals surface area contributed by atoms with Crippen LogP contribution in [0.25, 0.3) is 0 Å². The summed E-state index contributed by atoms with van der Waals surface area (Å²) in [5.41, 5.74) is 0. The summed E-state index contributed by atoms with van der Waals surface area (Å²) in [4.78, 5) is 0. The quantitative estimate of drug-likeness (QED) is 0.758. The van der Waals surface area contributed by atoms with E-state index in [1.807, 2.05) is 0 Å². The molecule has 0 spiro atoms. The highest BCUT2D eigenvalue weighted by molar-refractivity contribution is 5.29. The molecule has 3 nitrogen and oxygen atoms in total. The van der Waals surface area contributed by atoms with Crippen LogP contribution in [0, 0.1) is 17.8 Å². The first-order chi connectivity index (χ1) is 7.18. The fourth-order valence-corrected chi connectivity index (χ4v) is 1.09. The van der Waals surface area contributed by atoms with E-state index >= 15 is 0 Å². The van der Waals surface area contributed by atoms with Gasteiger partial charge in [-0.25, -0.2) is 13.5 Å². The number of hydrogen-bond acceptors (Lipinski definition) is 2. The van der Waals surface area contributed by atoms with Crippen molar-refractivity contribution < 1.29 is 13.5 Å². The Kier molecular flexibility index (Phi) is 2.37. The van der Waals surface area contributed by atoms with Gasteiger partial charge < -0.3 is 4.74 Å². The van der Waals surface area contributed by atoms with Gasteiger partial charge in [0.05, 0.1) is 0 Å². The van der Waals surface area contributed by atoms with Gasteiger partial charge in [-0.3, -0.25) is 0 Å². The summed E-state index contributed by atoms with van der Waals surface area (Å²) >= 11 is 0. The summed E-state index contributed by atoms with van der Waals surface area (Å²) in [6, 6.07) is 4.91. The predicted octanol–water partition coefficient (Wildman–Crippen LogP) is 2.29. The molecular formula is C10H7F2N2O. The van der Waals surface area contributed by atoms with Crippen molar-refractivity contribution >= 4 is 0 Å². The first-order valence-corrected chi connectivity index (χ1v) is 4.20. The van der Waals surface area contributed by atoms with E-state index in [-0.39, 0.29) is 5.88 Å². The second-order valence-electron chi connectivity index (χ2n) is 2.89. The third-order valence-electron chi connectivity index (χ3n) is 1.84. The Morgan fingerprint density at radius 1 is 1.33 bits per heavy atom. The number of aromatic nitrogens is 2. The lowest BCUT2D eigenvalue weighted by molar-refractivity contribution is 0.377. The average molecular weight is 209 g/mol. The minimum Gasteiger partial charge on any atom is -0.433 e. The molecule has 1 radical (unpaired) electrons. The molecule has 0 saturated heterocycles. The molecule has 0 amide bonds. The zero-order valence-corrected chi connectivity index (χ0v) is 7.87. The third kappa shape index (κ3) is 1.81. The van der Waals surface area contributed by atoms with Gasteiger partial charge in [-0.05, 0) is 12.1 Å². The van der Waals surface area contributed by atoms with Crippen LogP contribution in [0.5, 0.6) is 11.6 Å². The van der Waals surface area contributed by atoms with Gasteiger partial charge in [0, 0.05) is 13.1 Å².